The average Bonchev–Trinajstić information content (AvgIpc) is 3.01. The van der Waals surface area contributed by atoms with Crippen LogP contribution >= 0.6 is 11.8 Å². The van der Waals surface area contributed by atoms with Gasteiger partial charge >= 0.3 is 6.03 Å². The number of amides is 2. The van der Waals surface area contributed by atoms with Crippen molar-refractivity contribution < 1.29 is 18.8 Å². The van der Waals surface area contributed by atoms with Crippen LogP contribution in [0.5, 0.6) is 11.8 Å². The lowest BCUT2D eigenvalue weighted by Crippen LogP contribution is -2.28. The molecule has 0 spiro atoms. The van der Waals surface area contributed by atoms with E-state index in [0.717, 1.165) is 0 Å². The van der Waals surface area contributed by atoms with Crippen molar-refractivity contribution in [1.29, 1.82) is 0 Å². The molecule has 2 amide bonds. The minimum Gasteiger partial charge on any atom is -0.481 e. The molecule has 10 heteroatoms. The number of aromatic nitrogens is 3. The predicted octanol–water partition coefficient (Wildman–Crippen LogP) is 1.67. The molecule has 2 N–H and O–H groups in total. The van der Waals surface area contributed by atoms with Gasteiger partial charge in [0.1, 0.15) is 5.69 Å². The standard InChI is InChI=1S/C13H17N5O4S/c1-20-10-5-4-8(12(17-10)21-2)15-13(19)14-6-11-16-9(7-23-3)18-22-11/h4-5H,6-7H2,1-3H3,(H2,14,15,19). The first-order valence-electron chi connectivity index (χ1n) is 6.60. The molecule has 0 aromatic carbocycles. The quantitative estimate of drug-likeness (QED) is 0.783. The first kappa shape index (κ1) is 16.9. The highest BCUT2D eigenvalue weighted by molar-refractivity contribution is 7.97. The summed E-state index contributed by atoms with van der Waals surface area (Å²) in [6.45, 7) is 0.124. The van der Waals surface area contributed by atoms with E-state index in [0.29, 0.717) is 29.0 Å². The zero-order valence-corrected chi connectivity index (χ0v) is 13.8. The molecular weight excluding hydrogens is 322 g/mol. The van der Waals surface area contributed by atoms with Crippen LogP contribution in [0.1, 0.15) is 11.7 Å². The third-order valence-corrected chi connectivity index (χ3v) is 3.22. The Kier molecular flexibility index (Phi) is 6.03. The molecule has 0 aliphatic rings. The molecule has 0 atom stereocenters. The van der Waals surface area contributed by atoms with E-state index in [9.17, 15) is 4.79 Å². The van der Waals surface area contributed by atoms with Crippen molar-refractivity contribution in [2.45, 2.75) is 12.3 Å². The fraction of sp³-hybridized carbons (Fsp3) is 0.385. The van der Waals surface area contributed by atoms with E-state index in [2.05, 4.69) is 25.8 Å². The third-order valence-electron chi connectivity index (χ3n) is 2.67. The molecule has 0 saturated carbocycles. The lowest BCUT2D eigenvalue weighted by Gasteiger charge is -2.10. The number of ether oxygens (including phenoxy) is 2. The highest BCUT2D eigenvalue weighted by atomic mass is 32.2. The number of carbonyl (C=O) groups excluding carboxylic acids is 1. The van der Waals surface area contributed by atoms with Gasteiger partial charge in [-0.25, -0.2) is 4.79 Å². The number of hydrogen-bond acceptors (Lipinski definition) is 8. The Bertz CT molecular complexity index is 664. The first-order chi connectivity index (χ1) is 11.2. The van der Waals surface area contributed by atoms with Crippen LogP contribution in [0.4, 0.5) is 10.5 Å². The van der Waals surface area contributed by atoms with E-state index in [1.807, 2.05) is 6.26 Å². The molecule has 0 fully saturated rings. The molecule has 0 aliphatic heterocycles. The van der Waals surface area contributed by atoms with Crippen LogP contribution in [0, 0.1) is 0 Å². The summed E-state index contributed by atoms with van der Waals surface area (Å²) in [5.74, 6) is 2.23. The van der Waals surface area contributed by atoms with Crippen molar-refractivity contribution in [3.05, 3.63) is 23.8 Å². The zero-order valence-electron chi connectivity index (χ0n) is 13.0. The Labute approximate surface area is 137 Å². The Hall–Kier alpha value is -2.49. The van der Waals surface area contributed by atoms with Gasteiger partial charge in [0.15, 0.2) is 5.82 Å². The minimum atomic E-state index is -0.445. The average molecular weight is 339 g/mol. The van der Waals surface area contributed by atoms with E-state index in [-0.39, 0.29) is 12.4 Å². The third kappa shape index (κ3) is 4.74. The van der Waals surface area contributed by atoms with Crippen LogP contribution in [0.3, 0.4) is 0 Å². The number of methoxy groups -OCH3 is 2. The maximum Gasteiger partial charge on any atom is 0.319 e. The fourth-order valence-electron chi connectivity index (χ4n) is 1.66. The molecular formula is C13H17N5O4S. The smallest absolute Gasteiger partial charge is 0.319 e. The lowest BCUT2D eigenvalue weighted by molar-refractivity contribution is 0.249. The Morgan fingerprint density at radius 3 is 2.83 bits per heavy atom. The van der Waals surface area contributed by atoms with Crippen LogP contribution in [0.15, 0.2) is 16.7 Å². The molecule has 2 aromatic heterocycles. The second kappa shape index (κ2) is 8.22. The maximum absolute atomic E-state index is 11.9. The van der Waals surface area contributed by atoms with Crippen LogP contribution in [0.2, 0.25) is 0 Å². The van der Waals surface area contributed by atoms with Crippen molar-refractivity contribution in [2.24, 2.45) is 0 Å². The van der Waals surface area contributed by atoms with Gasteiger partial charge in [0, 0.05) is 6.07 Å². The fourth-order valence-corrected chi connectivity index (χ4v) is 2.04. The topological polar surface area (TPSA) is 111 Å². The van der Waals surface area contributed by atoms with Gasteiger partial charge in [-0.3, -0.25) is 0 Å². The second-order valence-corrected chi connectivity index (χ2v) is 5.12. The van der Waals surface area contributed by atoms with Crippen molar-refractivity contribution in [3.63, 3.8) is 0 Å². The largest absolute Gasteiger partial charge is 0.481 e. The van der Waals surface area contributed by atoms with Gasteiger partial charge in [-0.05, 0) is 12.3 Å². The van der Waals surface area contributed by atoms with Gasteiger partial charge in [-0.1, -0.05) is 5.16 Å². The van der Waals surface area contributed by atoms with Crippen molar-refractivity contribution >= 4 is 23.5 Å². The van der Waals surface area contributed by atoms with Crippen LogP contribution in [-0.2, 0) is 12.3 Å². The number of anilines is 1. The summed E-state index contributed by atoms with van der Waals surface area (Å²) < 4.78 is 15.1. The highest BCUT2D eigenvalue weighted by Crippen LogP contribution is 2.24. The molecule has 0 bridgehead atoms. The van der Waals surface area contributed by atoms with E-state index in [4.69, 9.17) is 14.0 Å². The summed E-state index contributed by atoms with van der Waals surface area (Å²) in [6.07, 6.45) is 1.94. The van der Waals surface area contributed by atoms with E-state index in [1.54, 1.807) is 23.9 Å². The summed E-state index contributed by atoms with van der Waals surface area (Å²) in [6, 6.07) is 2.80. The normalized spacial score (nSPS) is 10.2. The molecule has 2 heterocycles. The van der Waals surface area contributed by atoms with Gasteiger partial charge in [0.05, 0.1) is 26.5 Å². The molecule has 2 aromatic rings. The Morgan fingerprint density at radius 1 is 1.30 bits per heavy atom. The summed E-state index contributed by atoms with van der Waals surface area (Å²) in [5.41, 5.74) is 0.416. The van der Waals surface area contributed by atoms with Crippen molar-refractivity contribution in [2.75, 3.05) is 25.8 Å². The summed E-state index contributed by atoms with van der Waals surface area (Å²) in [4.78, 5) is 20.1. The first-order valence-corrected chi connectivity index (χ1v) is 8.00. The molecule has 2 rings (SSSR count). The molecule has 23 heavy (non-hydrogen) atoms. The SMILES string of the molecule is COc1ccc(NC(=O)NCc2nc(CSC)no2)c(OC)n1. The maximum atomic E-state index is 11.9. The number of rotatable bonds is 7. The van der Waals surface area contributed by atoms with Crippen LogP contribution in [0.25, 0.3) is 0 Å². The summed E-state index contributed by atoms with van der Waals surface area (Å²) in [7, 11) is 2.95. The highest BCUT2D eigenvalue weighted by Gasteiger charge is 2.11. The number of hydrogen-bond donors (Lipinski definition) is 2. The van der Waals surface area contributed by atoms with Crippen LogP contribution < -0.4 is 20.1 Å². The Balaban J connectivity index is 1.91. The number of nitrogens with one attached hydrogen (secondary N) is 2. The number of urea groups is 1. The van der Waals surface area contributed by atoms with Crippen LogP contribution in [-0.4, -0.2) is 41.6 Å². The lowest BCUT2D eigenvalue weighted by atomic mass is 10.4. The molecule has 9 nitrogen and oxygen atoms in total. The number of carbonyl (C=O) groups is 1. The van der Waals surface area contributed by atoms with E-state index < -0.39 is 6.03 Å². The summed E-state index contributed by atoms with van der Waals surface area (Å²) >= 11 is 1.59. The molecule has 0 unspecified atom stereocenters. The molecule has 0 radical (unpaired) electrons. The van der Waals surface area contributed by atoms with Crippen molar-refractivity contribution in [1.82, 2.24) is 20.4 Å². The second-order valence-electron chi connectivity index (χ2n) is 4.26. The zero-order chi connectivity index (χ0) is 16.7. The molecule has 124 valence electrons. The number of thioether (sulfide) groups is 1. The van der Waals surface area contributed by atoms with Crippen molar-refractivity contribution in [3.8, 4) is 11.8 Å². The van der Waals surface area contributed by atoms with Gasteiger partial charge in [0.25, 0.3) is 0 Å². The molecule has 0 saturated heterocycles. The molecule has 0 aliphatic carbocycles. The minimum absolute atomic E-state index is 0.124. The monoisotopic (exact) mass is 339 g/mol. The number of nitrogens with zero attached hydrogens (tertiary/aromatic N) is 3. The summed E-state index contributed by atoms with van der Waals surface area (Å²) in [5, 5.41) is 9.03. The number of pyridine rings is 1. The van der Waals surface area contributed by atoms with Gasteiger partial charge in [-0.15, -0.1) is 0 Å². The predicted molar refractivity (Wildman–Crippen MR) is 84.7 cm³/mol. The van der Waals surface area contributed by atoms with E-state index >= 15 is 0 Å². The van der Waals surface area contributed by atoms with Gasteiger partial charge in [-0.2, -0.15) is 21.7 Å². The van der Waals surface area contributed by atoms with Gasteiger partial charge < -0.3 is 24.6 Å². The van der Waals surface area contributed by atoms with Gasteiger partial charge in [0.2, 0.25) is 17.7 Å². The van der Waals surface area contributed by atoms with E-state index in [1.165, 1.54) is 14.2 Å². The Morgan fingerprint density at radius 2 is 2.13 bits per heavy atom.